The molecule has 1 saturated heterocycles. The second-order valence-corrected chi connectivity index (χ2v) is 8.51. The van der Waals surface area contributed by atoms with Gasteiger partial charge in [-0.1, -0.05) is 30.3 Å². The molecule has 2 heterocycles. The molecule has 5 rings (SSSR count). The summed E-state index contributed by atoms with van der Waals surface area (Å²) >= 11 is 0. The molecule has 5 nitrogen and oxygen atoms in total. The summed E-state index contributed by atoms with van der Waals surface area (Å²) in [5.74, 6) is 1.37. The monoisotopic (exact) mass is 443 g/mol. The number of imidazole rings is 1. The van der Waals surface area contributed by atoms with Gasteiger partial charge >= 0.3 is 0 Å². The number of nitrogens with zero attached hydrogens (tertiary/aromatic N) is 3. The number of aromatic nitrogens is 2. The van der Waals surface area contributed by atoms with Crippen LogP contribution in [0, 0.1) is 12.7 Å². The van der Waals surface area contributed by atoms with Gasteiger partial charge in [0.2, 0.25) is 5.91 Å². The van der Waals surface area contributed by atoms with Crippen LogP contribution in [0.15, 0.2) is 72.8 Å². The Labute approximate surface area is 192 Å². The molecular formula is C27H26FN3O2. The molecule has 0 saturated carbocycles. The first-order valence-electron chi connectivity index (χ1n) is 11.3. The molecule has 1 unspecified atom stereocenters. The fourth-order valence-corrected chi connectivity index (χ4v) is 4.53. The zero-order valence-electron chi connectivity index (χ0n) is 18.6. The Morgan fingerprint density at radius 3 is 2.76 bits per heavy atom. The zero-order chi connectivity index (χ0) is 22.8. The Morgan fingerprint density at radius 2 is 1.91 bits per heavy atom. The molecule has 1 aliphatic heterocycles. The van der Waals surface area contributed by atoms with Gasteiger partial charge in [0.15, 0.2) is 0 Å². The summed E-state index contributed by atoms with van der Waals surface area (Å²) in [4.78, 5) is 19.3. The highest BCUT2D eigenvalue weighted by molar-refractivity contribution is 5.96. The van der Waals surface area contributed by atoms with Gasteiger partial charge in [-0.15, -0.1) is 0 Å². The smallest absolute Gasteiger partial charge is 0.227 e. The van der Waals surface area contributed by atoms with Crippen LogP contribution < -0.4 is 9.64 Å². The van der Waals surface area contributed by atoms with Crippen LogP contribution in [0.3, 0.4) is 0 Å². The number of amides is 1. The number of anilines is 1. The predicted molar refractivity (Wildman–Crippen MR) is 127 cm³/mol. The Balaban J connectivity index is 1.35. The van der Waals surface area contributed by atoms with Crippen molar-refractivity contribution in [1.29, 1.82) is 0 Å². The molecule has 1 atom stereocenters. The molecule has 1 aliphatic rings. The van der Waals surface area contributed by atoms with Crippen molar-refractivity contribution in [3.05, 3.63) is 90.0 Å². The number of benzene rings is 3. The minimum absolute atomic E-state index is 0.00742. The van der Waals surface area contributed by atoms with Gasteiger partial charge in [0.05, 0.1) is 17.6 Å². The minimum Gasteiger partial charge on any atom is -0.494 e. The van der Waals surface area contributed by atoms with E-state index in [9.17, 15) is 9.18 Å². The Hall–Kier alpha value is -3.67. The summed E-state index contributed by atoms with van der Waals surface area (Å²) < 4.78 is 21.9. The lowest BCUT2D eigenvalue weighted by atomic mass is 10.1. The van der Waals surface area contributed by atoms with Crippen LogP contribution in [0.25, 0.3) is 11.0 Å². The maximum absolute atomic E-state index is 13.7. The van der Waals surface area contributed by atoms with Gasteiger partial charge in [-0.25, -0.2) is 9.37 Å². The molecule has 1 fully saturated rings. The first kappa shape index (κ1) is 21.2. The van der Waals surface area contributed by atoms with Crippen molar-refractivity contribution in [3.8, 4) is 5.75 Å². The third-order valence-electron chi connectivity index (χ3n) is 6.08. The normalized spacial score (nSPS) is 16.0. The van der Waals surface area contributed by atoms with Gasteiger partial charge in [0, 0.05) is 31.1 Å². The number of ether oxygens (including phenoxy) is 1. The SMILES string of the molecule is Cc1cccc(OCCCn2c(C3CC(=O)N(c4cccc(F)c4)C3)nc3ccccc32)c1. The molecule has 1 amide bonds. The predicted octanol–water partition coefficient (Wildman–Crippen LogP) is 5.47. The maximum atomic E-state index is 13.7. The van der Waals surface area contributed by atoms with E-state index in [0.717, 1.165) is 35.6 Å². The number of carbonyl (C=O) groups excluding carboxylic acids is 1. The lowest BCUT2D eigenvalue weighted by Crippen LogP contribution is -2.24. The third-order valence-corrected chi connectivity index (χ3v) is 6.08. The van der Waals surface area contributed by atoms with Crippen molar-refractivity contribution < 1.29 is 13.9 Å². The molecule has 0 aliphatic carbocycles. The summed E-state index contributed by atoms with van der Waals surface area (Å²) in [7, 11) is 0. The van der Waals surface area contributed by atoms with E-state index in [1.807, 2.05) is 49.4 Å². The first-order chi connectivity index (χ1) is 16.1. The fourth-order valence-electron chi connectivity index (χ4n) is 4.53. The van der Waals surface area contributed by atoms with Crippen molar-refractivity contribution in [2.75, 3.05) is 18.1 Å². The van der Waals surface area contributed by atoms with Gasteiger partial charge in [-0.2, -0.15) is 0 Å². The highest BCUT2D eigenvalue weighted by Gasteiger charge is 2.34. The number of fused-ring (bicyclic) bond motifs is 1. The summed E-state index contributed by atoms with van der Waals surface area (Å²) in [5.41, 5.74) is 3.74. The molecular weight excluding hydrogens is 417 g/mol. The third kappa shape index (κ3) is 4.46. The van der Waals surface area contributed by atoms with Crippen LogP contribution in [0.2, 0.25) is 0 Å². The Morgan fingerprint density at radius 1 is 1.06 bits per heavy atom. The van der Waals surface area contributed by atoms with Gasteiger partial charge < -0.3 is 14.2 Å². The average Bonchev–Trinajstić information content (AvgIpc) is 3.37. The van der Waals surface area contributed by atoms with Crippen LogP contribution >= 0.6 is 0 Å². The molecule has 33 heavy (non-hydrogen) atoms. The quantitative estimate of drug-likeness (QED) is 0.356. The standard InChI is InChI=1S/C27H26FN3O2/c1-19-7-4-10-23(15-19)33-14-6-13-30-25-12-3-2-11-24(25)29-27(30)20-16-26(32)31(18-20)22-9-5-8-21(28)17-22/h2-5,7-12,15,17,20H,6,13-14,16,18H2,1H3. The number of hydrogen-bond donors (Lipinski definition) is 0. The van der Waals surface area contributed by atoms with Crippen LogP contribution in [-0.2, 0) is 11.3 Å². The molecule has 6 heteroatoms. The number of carbonyl (C=O) groups is 1. The lowest BCUT2D eigenvalue weighted by Gasteiger charge is -2.17. The topological polar surface area (TPSA) is 47.4 Å². The zero-order valence-corrected chi connectivity index (χ0v) is 18.6. The van der Waals surface area contributed by atoms with E-state index in [1.165, 1.54) is 17.7 Å². The molecule has 0 spiro atoms. The Kier molecular flexibility index (Phi) is 5.82. The first-order valence-corrected chi connectivity index (χ1v) is 11.3. The highest BCUT2D eigenvalue weighted by Crippen LogP contribution is 2.33. The van der Waals surface area contributed by atoms with E-state index in [1.54, 1.807) is 17.0 Å². The van der Waals surface area contributed by atoms with Crippen LogP contribution in [0.4, 0.5) is 10.1 Å². The van der Waals surface area contributed by atoms with Crippen LogP contribution in [0.1, 0.15) is 30.1 Å². The molecule has 1 aromatic heterocycles. The molecule has 4 aromatic rings. The van der Waals surface area contributed by atoms with Crippen LogP contribution in [0.5, 0.6) is 5.75 Å². The maximum Gasteiger partial charge on any atom is 0.227 e. The van der Waals surface area contributed by atoms with Crippen molar-refractivity contribution in [3.63, 3.8) is 0 Å². The molecule has 0 bridgehead atoms. The fraction of sp³-hybridized carbons (Fsp3) is 0.259. The Bertz CT molecular complexity index is 1300. The van der Waals surface area contributed by atoms with E-state index in [2.05, 4.69) is 10.6 Å². The second-order valence-electron chi connectivity index (χ2n) is 8.51. The highest BCUT2D eigenvalue weighted by atomic mass is 19.1. The molecule has 3 aromatic carbocycles. The molecule has 0 radical (unpaired) electrons. The summed E-state index contributed by atoms with van der Waals surface area (Å²) in [6.45, 7) is 3.87. The van der Waals surface area contributed by atoms with Crippen LogP contribution in [-0.4, -0.2) is 28.6 Å². The summed E-state index contributed by atoms with van der Waals surface area (Å²) in [6.07, 6.45) is 1.18. The second kappa shape index (κ2) is 9.06. The minimum atomic E-state index is -0.343. The summed E-state index contributed by atoms with van der Waals surface area (Å²) in [6, 6.07) is 22.3. The van der Waals surface area contributed by atoms with E-state index in [4.69, 9.17) is 9.72 Å². The van der Waals surface area contributed by atoms with E-state index >= 15 is 0 Å². The number of halogens is 1. The number of hydrogen-bond acceptors (Lipinski definition) is 3. The molecule has 0 N–H and O–H groups in total. The van der Waals surface area contributed by atoms with Gasteiger partial charge in [-0.3, -0.25) is 4.79 Å². The van der Waals surface area contributed by atoms with Crippen molar-refractivity contribution in [1.82, 2.24) is 9.55 Å². The lowest BCUT2D eigenvalue weighted by molar-refractivity contribution is -0.117. The molecule has 168 valence electrons. The number of rotatable bonds is 7. The van der Waals surface area contributed by atoms with Gasteiger partial charge in [0.25, 0.3) is 0 Å². The van der Waals surface area contributed by atoms with Crippen molar-refractivity contribution in [2.45, 2.75) is 32.2 Å². The average molecular weight is 444 g/mol. The number of aryl methyl sites for hydroxylation is 2. The summed E-state index contributed by atoms with van der Waals surface area (Å²) in [5, 5.41) is 0. The largest absolute Gasteiger partial charge is 0.494 e. The van der Waals surface area contributed by atoms with E-state index < -0.39 is 0 Å². The van der Waals surface area contributed by atoms with Crippen molar-refractivity contribution >= 4 is 22.6 Å². The number of para-hydroxylation sites is 2. The van der Waals surface area contributed by atoms with E-state index in [0.29, 0.717) is 25.3 Å². The van der Waals surface area contributed by atoms with Gasteiger partial charge in [0.1, 0.15) is 17.4 Å². The van der Waals surface area contributed by atoms with E-state index in [-0.39, 0.29) is 17.6 Å². The van der Waals surface area contributed by atoms with Gasteiger partial charge in [-0.05, 0) is 61.4 Å². The van der Waals surface area contributed by atoms with Crippen molar-refractivity contribution in [2.24, 2.45) is 0 Å².